The average Bonchev–Trinajstić information content (AvgIpc) is 1.88. The van der Waals surface area contributed by atoms with Gasteiger partial charge in [-0.1, -0.05) is 6.92 Å². The molecular formula is C6H12N4. The normalized spacial score (nSPS) is 12.1. The molecule has 0 amide bonds. The number of nitrogens with two attached hydrogens (primary N) is 1. The summed E-state index contributed by atoms with van der Waals surface area (Å²) in [6.07, 6.45) is 0.632. The summed E-state index contributed by atoms with van der Waals surface area (Å²) in [5, 5.41) is 14.2. The van der Waals surface area contributed by atoms with Gasteiger partial charge < -0.3 is 5.73 Å². The minimum Gasteiger partial charge on any atom is -0.387 e. The Labute approximate surface area is 60.2 Å². The van der Waals surface area contributed by atoms with Crippen molar-refractivity contribution in [2.24, 2.45) is 16.6 Å². The Hall–Kier alpha value is -1.19. The minimum absolute atomic E-state index is 0.0140. The molecule has 1 unspecified atom stereocenters. The Morgan fingerprint density at radius 2 is 2.20 bits per heavy atom. The smallest absolute Gasteiger partial charge is 0.130 e. The van der Waals surface area contributed by atoms with Gasteiger partial charge in [0.1, 0.15) is 11.7 Å². The van der Waals surface area contributed by atoms with Crippen LogP contribution in [-0.4, -0.2) is 18.4 Å². The monoisotopic (exact) mass is 140 g/mol. The number of rotatable bonds is 3. The molecular weight excluding hydrogens is 128 g/mol. The molecule has 1 atom stereocenters. The van der Waals surface area contributed by atoms with Gasteiger partial charge in [0.2, 0.25) is 0 Å². The van der Waals surface area contributed by atoms with E-state index in [1.165, 1.54) is 0 Å². The van der Waals surface area contributed by atoms with Gasteiger partial charge in [0, 0.05) is 0 Å². The first-order valence-electron chi connectivity index (χ1n) is 3.02. The molecule has 4 N–H and O–H groups in total. The van der Waals surface area contributed by atoms with Crippen LogP contribution in [-0.2, 0) is 0 Å². The van der Waals surface area contributed by atoms with E-state index in [0.717, 1.165) is 0 Å². The summed E-state index contributed by atoms with van der Waals surface area (Å²) in [6.45, 7) is 5.04. The van der Waals surface area contributed by atoms with E-state index in [4.69, 9.17) is 16.6 Å². The fraction of sp³-hybridized carbons (Fsp3) is 0.500. The van der Waals surface area contributed by atoms with Gasteiger partial charge in [-0.3, -0.25) is 10.8 Å². The molecule has 0 radical (unpaired) electrons. The predicted octanol–water partition coefficient (Wildman–Crippen LogP) is 0.626. The van der Waals surface area contributed by atoms with Crippen molar-refractivity contribution >= 4 is 18.4 Å². The van der Waals surface area contributed by atoms with Crippen LogP contribution in [0.3, 0.4) is 0 Å². The first-order valence-corrected chi connectivity index (χ1v) is 3.02. The SMILES string of the molecule is C=NC(=N)C(CC)C(=N)N. The lowest BCUT2D eigenvalue weighted by Gasteiger charge is -2.09. The zero-order valence-electron chi connectivity index (χ0n) is 6.02. The van der Waals surface area contributed by atoms with E-state index >= 15 is 0 Å². The van der Waals surface area contributed by atoms with Crippen LogP contribution in [0.1, 0.15) is 13.3 Å². The maximum atomic E-state index is 7.18. The summed E-state index contributed by atoms with van der Waals surface area (Å²) in [7, 11) is 0. The molecule has 0 aromatic carbocycles. The molecule has 0 saturated heterocycles. The van der Waals surface area contributed by atoms with Crippen molar-refractivity contribution in [3.05, 3.63) is 0 Å². The van der Waals surface area contributed by atoms with Gasteiger partial charge in [0.05, 0.1) is 5.92 Å². The molecule has 56 valence electrons. The van der Waals surface area contributed by atoms with Gasteiger partial charge in [-0.15, -0.1) is 0 Å². The van der Waals surface area contributed by atoms with Gasteiger partial charge >= 0.3 is 0 Å². The Bertz CT molecular complexity index is 161. The molecule has 10 heavy (non-hydrogen) atoms. The van der Waals surface area contributed by atoms with Crippen LogP contribution in [0.15, 0.2) is 4.99 Å². The molecule has 0 saturated carbocycles. The Balaban J connectivity index is 4.20. The number of hydrogen-bond acceptors (Lipinski definition) is 2. The highest BCUT2D eigenvalue weighted by molar-refractivity contribution is 6.03. The number of amidine groups is 2. The molecule has 0 rings (SSSR count). The zero-order chi connectivity index (χ0) is 8.15. The first kappa shape index (κ1) is 8.81. The molecule has 0 aromatic rings. The van der Waals surface area contributed by atoms with Crippen LogP contribution < -0.4 is 5.73 Å². The second-order valence-corrected chi connectivity index (χ2v) is 1.96. The molecule has 0 aliphatic carbocycles. The highest BCUT2D eigenvalue weighted by atomic mass is 14.8. The van der Waals surface area contributed by atoms with E-state index in [-0.39, 0.29) is 17.6 Å². The van der Waals surface area contributed by atoms with Crippen LogP contribution in [0.4, 0.5) is 0 Å². The standard InChI is InChI=1S/C6H12N4/c1-3-4(5(7)8)6(9)10-2/h4,9H,2-3H2,1H3,(H3,7,8). The van der Waals surface area contributed by atoms with E-state index in [2.05, 4.69) is 11.7 Å². The summed E-state index contributed by atoms with van der Waals surface area (Å²) in [6, 6.07) is 0. The van der Waals surface area contributed by atoms with Crippen LogP contribution in [0.2, 0.25) is 0 Å². The van der Waals surface area contributed by atoms with Gasteiger partial charge in [0.15, 0.2) is 0 Å². The van der Waals surface area contributed by atoms with Crippen LogP contribution in [0.25, 0.3) is 0 Å². The van der Waals surface area contributed by atoms with Gasteiger partial charge in [0.25, 0.3) is 0 Å². The second-order valence-electron chi connectivity index (χ2n) is 1.96. The summed E-state index contributed by atoms with van der Waals surface area (Å²) < 4.78 is 0. The van der Waals surface area contributed by atoms with Crippen LogP contribution in [0.5, 0.6) is 0 Å². The molecule has 0 bridgehead atoms. The highest BCUT2D eigenvalue weighted by Crippen LogP contribution is 2.03. The largest absolute Gasteiger partial charge is 0.387 e. The van der Waals surface area contributed by atoms with Crippen molar-refractivity contribution in [3.8, 4) is 0 Å². The van der Waals surface area contributed by atoms with E-state index in [1.807, 2.05) is 6.92 Å². The summed E-state index contributed by atoms with van der Waals surface area (Å²) >= 11 is 0. The molecule has 4 nitrogen and oxygen atoms in total. The third kappa shape index (κ3) is 1.97. The number of hydrogen-bond donors (Lipinski definition) is 3. The second kappa shape index (κ2) is 3.76. The van der Waals surface area contributed by atoms with Crippen molar-refractivity contribution < 1.29 is 0 Å². The maximum absolute atomic E-state index is 7.18. The quantitative estimate of drug-likeness (QED) is 0.389. The molecule has 0 spiro atoms. The summed E-state index contributed by atoms with van der Waals surface area (Å²) in [4.78, 5) is 3.39. The van der Waals surface area contributed by atoms with Crippen molar-refractivity contribution in [3.63, 3.8) is 0 Å². The lowest BCUT2D eigenvalue weighted by Crippen LogP contribution is -2.27. The molecule has 0 aliphatic rings. The molecule has 0 heterocycles. The van der Waals surface area contributed by atoms with E-state index in [1.54, 1.807) is 0 Å². The number of nitrogens with one attached hydrogen (secondary N) is 2. The Morgan fingerprint density at radius 3 is 2.30 bits per heavy atom. The summed E-state index contributed by atoms with van der Waals surface area (Å²) in [5.41, 5.74) is 5.18. The number of nitrogens with zero attached hydrogens (tertiary/aromatic N) is 1. The van der Waals surface area contributed by atoms with Gasteiger partial charge in [-0.25, -0.2) is 4.99 Å². The Morgan fingerprint density at radius 1 is 1.70 bits per heavy atom. The topological polar surface area (TPSA) is 86.1 Å². The highest BCUT2D eigenvalue weighted by Gasteiger charge is 2.13. The lowest BCUT2D eigenvalue weighted by molar-refractivity contribution is 0.829. The molecule has 0 aromatic heterocycles. The minimum atomic E-state index is -0.350. The molecule has 4 heteroatoms. The average molecular weight is 140 g/mol. The molecule has 0 fully saturated rings. The predicted molar refractivity (Wildman–Crippen MR) is 43.0 cm³/mol. The fourth-order valence-corrected chi connectivity index (χ4v) is 0.671. The third-order valence-electron chi connectivity index (χ3n) is 1.28. The van der Waals surface area contributed by atoms with Gasteiger partial charge in [-0.2, -0.15) is 0 Å². The summed E-state index contributed by atoms with van der Waals surface area (Å²) in [5.74, 6) is -0.285. The van der Waals surface area contributed by atoms with Gasteiger partial charge in [-0.05, 0) is 13.1 Å². The van der Waals surface area contributed by atoms with Crippen LogP contribution >= 0.6 is 0 Å². The van der Waals surface area contributed by atoms with Crippen molar-refractivity contribution in [1.82, 2.24) is 0 Å². The van der Waals surface area contributed by atoms with E-state index < -0.39 is 0 Å². The maximum Gasteiger partial charge on any atom is 0.130 e. The Kier molecular flexibility index (Phi) is 3.32. The zero-order valence-corrected chi connectivity index (χ0v) is 6.02. The van der Waals surface area contributed by atoms with Crippen molar-refractivity contribution in [2.75, 3.05) is 0 Å². The van der Waals surface area contributed by atoms with E-state index in [0.29, 0.717) is 6.42 Å². The lowest BCUT2D eigenvalue weighted by atomic mass is 10.1. The third-order valence-corrected chi connectivity index (χ3v) is 1.28. The van der Waals surface area contributed by atoms with E-state index in [9.17, 15) is 0 Å². The number of aliphatic imine (C=N–C) groups is 1. The fourth-order valence-electron chi connectivity index (χ4n) is 0.671. The van der Waals surface area contributed by atoms with Crippen molar-refractivity contribution in [2.45, 2.75) is 13.3 Å². The first-order chi connectivity index (χ1) is 4.63. The molecule has 0 aliphatic heterocycles. The van der Waals surface area contributed by atoms with Crippen LogP contribution in [0, 0.1) is 16.7 Å². The van der Waals surface area contributed by atoms with Crippen molar-refractivity contribution in [1.29, 1.82) is 10.8 Å².